The Kier molecular flexibility index (Phi) is 3.69. The lowest BCUT2D eigenvalue weighted by Crippen LogP contribution is -2.10. The molecule has 0 amide bonds. The number of carbonyl (C=O) groups excluding carboxylic acids is 1. The number of fused-ring (bicyclic) bond motifs is 1. The van der Waals surface area contributed by atoms with Gasteiger partial charge in [-0.05, 0) is 5.56 Å². The van der Waals surface area contributed by atoms with Gasteiger partial charge in [0.1, 0.15) is 5.58 Å². The molecule has 0 N–H and O–H groups in total. The van der Waals surface area contributed by atoms with Crippen molar-refractivity contribution in [2.75, 3.05) is 0 Å². The molecule has 22 heavy (non-hydrogen) atoms. The molecule has 2 aromatic carbocycles. The molecule has 3 aromatic rings. The predicted molar refractivity (Wildman–Crippen MR) is 84.8 cm³/mol. The van der Waals surface area contributed by atoms with Gasteiger partial charge in [0.05, 0.1) is 12.2 Å². The number of rotatable bonds is 4. The van der Waals surface area contributed by atoms with Gasteiger partial charge in [-0.15, -0.1) is 0 Å². The summed E-state index contributed by atoms with van der Waals surface area (Å²) in [6, 6.07) is 15.7. The first-order chi connectivity index (χ1) is 10.7. The molecule has 0 radical (unpaired) electrons. The van der Waals surface area contributed by atoms with Crippen molar-refractivity contribution in [1.82, 2.24) is 0 Å². The van der Waals surface area contributed by atoms with E-state index in [1.807, 2.05) is 48.5 Å². The van der Waals surface area contributed by atoms with E-state index in [4.69, 9.17) is 9.95 Å². The average Bonchev–Trinajstić information content (AvgIpc) is 2.99. The van der Waals surface area contributed by atoms with Crippen molar-refractivity contribution in [3.8, 4) is 11.1 Å². The molecule has 1 aromatic heterocycles. The Morgan fingerprint density at radius 2 is 1.95 bits per heavy atom. The number of hydrogen-bond acceptors (Lipinski definition) is 2. The summed E-state index contributed by atoms with van der Waals surface area (Å²) >= 11 is 0. The molecule has 0 bridgehead atoms. The first kappa shape index (κ1) is 14.0. The minimum Gasteiger partial charge on any atom is -0.463 e. The van der Waals surface area contributed by atoms with E-state index in [9.17, 15) is 4.79 Å². The summed E-state index contributed by atoms with van der Waals surface area (Å²) in [4.78, 5) is 14.7. The standard InChI is InChI=1S/C18H14N2O2/c1-12(17(21)10-20-19)14-8-5-9-15-16(11-22-18(14)15)13-6-3-2-4-7-13/h2-12H,1H3. The molecule has 1 unspecified atom stereocenters. The van der Waals surface area contributed by atoms with Gasteiger partial charge in [0, 0.05) is 16.5 Å². The largest absolute Gasteiger partial charge is 0.463 e. The van der Waals surface area contributed by atoms with Crippen LogP contribution >= 0.6 is 0 Å². The lowest BCUT2D eigenvalue weighted by molar-refractivity contribution is -0.117. The van der Waals surface area contributed by atoms with Gasteiger partial charge in [-0.1, -0.05) is 55.5 Å². The van der Waals surface area contributed by atoms with Crippen molar-refractivity contribution in [3.05, 3.63) is 65.9 Å². The maximum absolute atomic E-state index is 11.9. The minimum atomic E-state index is -0.436. The quantitative estimate of drug-likeness (QED) is 0.413. The summed E-state index contributed by atoms with van der Waals surface area (Å²) in [6.45, 7) is 1.77. The fraction of sp³-hybridized carbons (Fsp3) is 0.111. The van der Waals surface area contributed by atoms with Crippen LogP contribution in [0.3, 0.4) is 0 Å². The highest BCUT2D eigenvalue weighted by molar-refractivity contribution is 6.28. The minimum absolute atomic E-state index is 0.271. The number of ketones is 1. The molecule has 3 rings (SSSR count). The van der Waals surface area contributed by atoms with Crippen molar-refractivity contribution in [1.29, 1.82) is 0 Å². The van der Waals surface area contributed by atoms with Crippen LogP contribution in [0, 0.1) is 0 Å². The van der Waals surface area contributed by atoms with E-state index in [1.54, 1.807) is 13.2 Å². The number of benzene rings is 2. The first-order valence-corrected chi connectivity index (χ1v) is 6.99. The zero-order valence-corrected chi connectivity index (χ0v) is 12.1. The van der Waals surface area contributed by atoms with Gasteiger partial charge < -0.3 is 9.95 Å². The molecule has 4 heteroatoms. The summed E-state index contributed by atoms with van der Waals surface area (Å²) in [6.07, 6.45) is 2.63. The topological polar surface area (TPSA) is 66.6 Å². The molecule has 0 aliphatic rings. The lowest BCUT2D eigenvalue weighted by atomic mass is 9.94. The fourth-order valence-corrected chi connectivity index (χ4v) is 2.58. The van der Waals surface area contributed by atoms with Gasteiger partial charge in [-0.2, -0.15) is 4.79 Å². The Labute approximate surface area is 127 Å². The zero-order chi connectivity index (χ0) is 15.5. The zero-order valence-electron chi connectivity index (χ0n) is 12.1. The average molecular weight is 290 g/mol. The van der Waals surface area contributed by atoms with E-state index in [-0.39, 0.29) is 5.78 Å². The predicted octanol–water partition coefficient (Wildman–Crippen LogP) is 4.07. The molecule has 108 valence electrons. The second-order valence-corrected chi connectivity index (χ2v) is 5.11. The maximum atomic E-state index is 11.9. The van der Waals surface area contributed by atoms with Crippen LogP contribution in [-0.4, -0.2) is 16.8 Å². The molecule has 4 nitrogen and oxygen atoms in total. The van der Waals surface area contributed by atoms with Crippen molar-refractivity contribution in [2.24, 2.45) is 0 Å². The van der Waals surface area contributed by atoms with Gasteiger partial charge >= 0.3 is 6.21 Å². The van der Waals surface area contributed by atoms with Gasteiger partial charge in [0.25, 0.3) is 0 Å². The van der Waals surface area contributed by atoms with Crippen LogP contribution in [0.5, 0.6) is 0 Å². The molecule has 1 heterocycles. The first-order valence-electron chi connectivity index (χ1n) is 6.99. The van der Waals surface area contributed by atoms with Crippen LogP contribution in [-0.2, 0) is 4.79 Å². The normalized spacial score (nSPS) is 11.9. The summed E-state index contributed by atoms with van der Waals surface area (Å²) in [5, 5.41) is 0.962. The maximum Gasteiger partial charge on any atom is 0.323 e. The molecule has 0 aliphatic carbocycles. The van der Waals surface area contributed by atoms with Crippen molar-refractivity contribution < 1.29 is 14.0 Å². The molecule has 0 saturated carbocycles. The number of hydrogen-bond donors (Lipinski definition) is 0. The summed E-state index contributed by atoms with van der Waals surface area (Å²) in [5.74, 6) is -0.706. The van der Waals surface area contributed by atoms with Gasteiger partial charge in [0.2, 0.25) is 5.78 Å². The number of Topliss-reactive ketones (excluding diaryl/α,β-unsaturated/α-hetero) is 1. The second-order valence-electron chi connectivity index (χ2n) is 5.11. The Morgan fingerprint density at radius 3 is 2.68 bits per heavy atom. The highest BCUT2D eigenvalue weighted by atomic mass is 16.3. The highest BCUT2D eigenvalue weighted by Gasteiger charge is 2.21. The SMILES string of the molecule is CC(C(=O)C=[N+]=[N-])c1cccc2c(-c3ccccc3)coc12. The van der Waals surface area contributed by atoms with Crippen molar-refractivity contribution in [2.45, 2.75) is 12.8 Å². The second kappa shape index (κ2) is 5.80. The van der Waals surface area contributed by atoms with Crippen LogP contribution in [0.15, 0.2) is 59.2 Å². The molecule has 0 aliphatic heterocycles. The smallest absolute Gasteiger partial charge is 0.323 e. The van der Waals surface area contributed by atoms with Crippen LogP contribution in [0.25, 0.3) is 27.6 Å². The van der Waals surface area contributed by atoms with E-state index in [0.717, 1.165) is 28.3 Å². The molecule has 0 saturated heterocycles. The van der Waals surface area contributed by atoms with E-state index in [1.165, 1.54) is 0 Å². The van der Waals surface area contributed by atoms with E-state index < -0.39 is 5.92 Å². The Balaban J connectivity index is 2.14. The highest BCUT2D eigenvalue weighted by Crippen LogP contribution is 2.34. The third-order valence-corrected chi connectivity index (χ3v) is 3.79. The molecule has 0 spiro atoms. The summed E-state index contributed by atoms with van der Waals surface area (Å²) in [5.41, 5.74) is 12.1. The van der Waals surface area contributed by atoms with Crippen LogP contribution in [0.1, 0.15) is 18.4 Å². The monoisotopic (exact) mass is 290 g/mol. The van der Waals surface area contributed by atoms with Gasteiger partial charge in [-0.25, -0.2) is 0 Å². The van der Waals surface area contributed by atoms with Crippen LogP contribution in [0.4, 0.5) is 0 Å². The van der Waals surface area contributed by atoms with Crippen molar-refractivity contribution in [3.63, 3.8) is 0 Å². The van der Waals surface area contributed by atoms with Crippen molar-refractivity contribution >= 4 is 23.0 Å². The van der Waals surface area contributed by atoms with Gasteiger partial charge in [-0.3, -0.25) is 4.79 Å². The Bertz CT molecular complexity index is 874. The third kappa shape index (κ3) is 2.36. The van der Waals surface area contributed by atoms with E-state index in [2.05, 4.69) is 4.79 Å². The number of nitrogens with zero attached hydrogens (tertiary/aromatic N) is 2. The molecule has 1 atom stereocenters. The summed E-state index contributed by atoms with van der Waals surface area (Å²) in [7, 11) is 0. The Hall–Kier alpha value is -2.97. The van der Waals surface area contributed by atoms with E-state index >= 15 is 0 Å². The molecular weight excluding hydrogens is 276 g/mol. The third-order valence-electron chi connectivity index (χ3n) is 3.79. The number of para-hydroxylation sites is 1. The van der Waals surface area contributed by atoms with Crippen LogP contribution < -0.4 is 0 Å². The molecular formula is C18H14N2O2. The number of carbonyl (C=O) groups is 1. The summed E-state index contributed by atoms with van der Waals surface area (Å²) < 4.78 is 5.72. The fourth-order valence-electron chi connectivity index (χ4n) is 2.58. The lowest BCUT2D eigenvalue weighted by Gasteiger charge is -2.07. The number of furan rings is 1. The van der Waals surface area contributed by atoms with Gasteiger partial charge in [0.15, 0.2) is 0 Å². The van der Waals surface area contributed by atoms with Crippen LogP contribution in [0.2, 0.25) is 0 Å². The Morgan fingerprint density at radius 1 is 1.18 bits per heavy atom. The van der Waals surface area contributed by atoms with E-state index in [0.29, 0.717) is 5.58 Å². The molecule has 0 fully saturated rings.